The van der Waals surface area contributed by atoms with Gasteiger partial charge in [0.25, 0.3) is 0 Å². The Morgan fingerprint density at radius 3 is 1.20 bits per heavy atom. The molecule has 0 N–H and O–H groups in total. The minimum Gasteiger partial charge on any atom is -0.421 e. The van der Waals surface area contributed by atoms with Gasteiger partial charge in [-0.05, 0) is 12.8 Å². The van der Waals surface area contributed by atoms with Gasteiger partial charge in [0, 0.05) is 35.5 Å². The van der Waals surface area contributed by atoms with Gasteiger partial charge in [-0.3, -0.25) is 0 Å². The smallest absolute Gasteiger partial charge is 0.227 e. The second-order valence-corrected chi connectivity index (χ2v) is 9.05. The first-order valence-corrected chi connectivity index (χ1v) is 10.2. The third kappa shape index (κ3) is 7.87. The molecule has 0 aliphatic rings. The molecule has 0 aliphatic carbocycles. The molecular formula is C13H34O5Si2. The monoisotopic (exact) mass is 326 g/mol. The lowest BCUT2D eigenvalue weighted by atomic mass is 10.5. The van der Waals surface area contributed by atoms with Crippen LogP contribution in [0.1, 0.15) is 33.6 Å². The Hall–Kier alpha value is 0.234. The van der Waals surface area contributed by atoms with E-state index < -0.39 is 15.2 Å². The van der Waals surface area contributed by atoms with Crippen molar-refractivity contribution in [2.45, 2.75) is 50.5 Å². The van der Waals surface area contributed by atoms with Crippen LogP contribution in [0, 0.1) is 0 Å². The highest BCUT2D eigenvalue weighted by molar-refractivity contribution is 6.38. The minimum absolute atomic E-state index is 0.186. The summed E-state index contributed by atoms with van der Waals surface area (Å²) < 4.78 is 26.1. The Bertz CT molecular complexity index is 170. The Morgan fingerprint density at radius 1 is 0.700 bits per heavy atom. The van der Waals surface area contributed by atoms with Crippen molar-refractivity contribution in [2.24, 2.45) is 0 Å². The van der Waals surface area contributed by atoms with Crippen molar-refractivity contribution in [3.8, 4) is 0 Å². The maximum absolute atomic E-state index is 5.32. The van der Waals surface area contributed by atoms with Crippen LogP contribution in [0.4, 0.5) is 0 Å². The van der Waals surface area contributed by atoms with E-state index in [1.165, 1.54) is 6.04 Å². The van der Waals surface area contributed by atoms with Gasteiger partial charge in [0.05, 0.1) is 9.52 Å². The molecule has 0 saturated heterocycles. The first kappa shape index (κ1) is 22.5. The SMILES string of the molecule is CCC(OC)(OC)[SiH2]OC.CC[SiH2]C(CC)(OC)OC. The maximum atomic E-state index is 5.32. The number of methoxy groups -OCH3 is 4. The summed E-state index contributed by atoms with van der Waals surface area (Å²) >= 11 is 0. The summed E-state index contributed by atoms with van der Waals surface area (Å²) in [6, 6.07) is 1.23. The first-order chi connectivity index (χ1) is 9.49. The summed E-state index contributed by atoms with van der Waals surface area (Å²) in [6.45, 7) is 6.32. The summed E-state index contributed by atoms with van der Waals surface area (Å²) in [4.78, 5) is 0. The van der Waals surface area contributed by atoms with E-state index in [0.29, 0.717) is 0 Å². The molecule has 5 nitrogen and oxygen atoms in total. The molecule has 7 heteroatoms. The zero-order valence-corrected chi connectivity index (χ0v) is 17.4. The molecule has 0 atom stereocenters. The predicted molar refractivity (Wildman–Crippen MR) is 88.7 cm³/mol. The highest BCUT2D eigenvalue weighted by atomic mass is 28.2. The minimum atomic E-state index is -0.716. The highest BCUT2D eigenvalue weighted by Gasteiger charge is 2.27. The van der Waals surface area contributed by atoms with E-state index in [2.05, 4.69) is 13.8 Å². The van der Waals surface area contributed by atoms with E-state index in [1.807, 2.05) is 6.92 Å². The van der Waals surface area contributed by atoms with E-state index in [-0.39, 0.29) is 14.9 Å². The van der Waals surface area contributed by atoms with Gasteiger partial charge in [0.15, 0.2) is 5.41 Å². The van der Waals surface area contributed by atoms with Crippen LogP contribution in [0.2, 0.25) is 6.04 Å². The van der Waals surface area contributed by atoms with E-state index in [9.17, 15) is 0 Å². The summed E-state index contributed by atoms with van der Waals surface area (Å²) in [6.07, 6.45) is 1.82. The molecule has 20 heavy (non-hydrogen) atoms. The quantitative estimate of drug-likeness (QED) is 0.443. The molecule has 0 spiro atoms. The van der Waals surface area contributed by atoms with Gasteiger partial charge >= 0.3 is 0 Å². The van der Waals surface area contributed by atoms with E-state index in [0.717, 1.165) is 12.8 Å². The molecule has 0 unspecified atom stereocenters. The lowest BCUT2D eigenvalue weighted by Gasteiger charge is -2.29. The van der Waals surface area contributed by atoms with Crippen molar-refractivity contribution in [3.63, 3.8) is 0 Å². The third-order valence-electron chi connectivity index (χ3n) is 3.56. The fourth-order valence-electron chi connectivity index (χ4n) is 1.95. The van der Waals surface area contributed by atoms with Crippen LogP contribution in [0.15, 0.2) is 0 Å². The van der Waals surface area contributed by atoms with Crippen LogP contribution in [0.25, 0.3) is 0 Å². The molecule has 0 aliphatic heterocycles. The third-order valence-corrected chi connectivity index (χ3v) is 7.71. The number of ether oxygens (including phenoxy) is 4. The normalized spacial score (nSPS) is 13.2. The van der Waals surface area contributed by atoms with Gasteiger partial charge in [0.1, 0.15) is 5.41 Å². The summed E-state index contributed by atoms with van der Waals surface area (Å²) in [5, 5.41) is 0. The second kappa shape index (κ2) is 12.9. The fourth-order valence-corrected chi connectivity index (χ4v) is 4.35. The molecule has 0 amide bonds. The molecule has 0 radical (unpaired) electrons. The van der Waals surface area contributed by atoms with Gasteiger partial charge in [-0.15, -0.1) is 0 Å². The van der Waals surface area contributed by atoms with Crippen LogP contribution in [-0.2, 0) is 23.4 Å². The fraction of sp³-hybridized carbons (Fsp3) is 1.00. The number of hydrogen-bond acceptors (Lipinski definition) is 5. The highest BCUT2D eigenvalue weighted by Crippen LogP contribution is 2.15. The number of rotatable bonds is 10. The van der Waals surface area contributed by atoms with Crippen molar-refractivity contribution < 1.29 is 23.4 Å². The second-order valence-electron chi connectivity index (χ2n) is 4.53. The number of hydrogen-bond donors (Lipinski definition) is 0. The van der Waals surface area contributed by atoms with Crippen LogP contribution in [-0.4, -0.2) is 65.7 Å². The van der Waals surface area contributed by atoms with Crippen molar-refractivity contribution in [1.29, 1.82) is 0 Å². The zero-order valence-electron chi connectivity index (χ0n) is 14.6. The molecule has 0 saturated carbocycles. The van der Waals surface area contributed by atoms with Gasteiger partial charge < -0.3 is 23.4 Å². The molecule has 0 bridgehead atoms. The summed E-state index contributed by atoms with van der Waals surface area (Å²) in [5.74, 6) is 0. The molecule has 0 fully saturated rings. The maximum Gasteiger partial charge on any atom is 0.227 e. The van der Waals surface area contributed by atoms with Gasteiger partial charge in [-0.1, -0.05) is 26.8 Å². The Morgan fingerprint density at radius 2 is 1.10 bits per heavy atom. The van der Waals surface area contributed by atoms with Crippen LogP contribution >= 0.6 is 0 Å². The first-order valence-electron chi connectivity index (χ1n) is 7.18. The molecule has 0 aromatic carbocycles. The Kier molecular flexibility index (Phi) is 14.6. The van der Waals surface area contributed by atoms with E-state index in [4.69, 9.17) is 23.4 Å². The molecule has 0 aromatic rings. The molecule has 124 valence electrons. The molecule has 0 heterocycles. The lowest BCUT2D eigenvalue weighted by Crippen LogP contribution is -2.40. The standard InChI is InChI=1S/C7H18O2Si.C6H16O3Si/c1-5-7(8-3,9-4)10-6-2;1-5-6(7-2,8-3)10-9-4/h5-6,10H2,1-4H3;5,10H2,1-4H3. The van der Waals surface area contributed by atoms with Crippen molar-refractivity contribution in [3.05, 3.63) is 0 Å². The Balaban J connectivity index is 0. The largest absolute Gasteiger partial charge is 0.421 e. The van der Waals surface area contributed by atoms with Crippen LogP contribution in [0.5, 0.6) is 0 Å². The topological polar surface area (TPSA) is 46.2 Å². The lowest BCUT2D eigenvalue weighted by molar-refractivity contribution is -0.152. The van der Waals surface area contributed by atoms with Crippen molar-refractivity contribution in [1.82, 2.24) is 0 Å². The molecular weight excluding hydrogens is 292 g/mol. The van der Waals surface area contributed by atoms with Crippen LogP contribution in [0.3, 0.4) is 0 Å². The zero-order chi connectivity index (χ0) is 16.1. The summed E-state index contributed by atoms with van der Waals surface area (Å²) in [5.41, 5.74) is -0.594. The van der Waals surface area contributed by atoms with Gasteiger partial charge in [0.2, 0.25) is 9.76 Å². The van der Waals surface area contributed by atoms with Crippen molar-refractivity contribution >= 4 is 19.3 Å². The van der Waals surface area contributed by atoms with Gasteiger partial charge in [-0.2, -0.15) is 0 Å². The average molecular weight is 327 g/mol. The average Bonchev–Trinajstić information content (AvgIpc) is 2.51. The van der Waals surface area contributed by atoms with Gasteiger partial charge in [-0.25, -0.2) is 0 Å². The summed E-state index contributed by atoms with van der Waals surface area (Å²) in [7, 11) is 7.53. The molecule has 0 aromatic heterocycles. The predicted octanol–water partition coefficient (Wildman–Crippen LogP) is 1.02. The van der Waals surface area contributed by atoms with Crippen LogP contribution < -0.4 is 0 Å². The molecule has 0 rings (SSSR count). The van der Waals surface area contributed by atoms with E-state index >= 15 is 0 Å². The van der Waals surface area contributed by atoms with E-state index in [1.54, 1.807) is 35.5 Å². The Labute approximate surface area is 129 Å². The van der Waals surface area contributed by atoms with Crippen molar-refractivity contribution in [2.75, 3.05) is 35.5 Å².